The minimum atomic E-state index is 0.539. The van der Waals surface area contributed by atoms with E-state index in [1.165, 1.54) is 5.56 Å². The Morgan fingerprint density at radius 1 is 1.33 bits per heavy atom. The highest BCUT2D eigenvalue weighted by Gasteiger charge is 2.21. The molecule has 4 nitrogen and oxygen atoms in total. The van der Waals surface area contributed by atoms with E-state index in [-0.39, 0.29) is 0 Å². The molecule has 2 aromatic rings. The van der Waals surface area contributed by atoms with Crippen LogP contribution in [0.1, 0.15) is 23.9 Å². The lowest BCUT2D eigenvalue weighted by atomic mass is 10.1. The first-order valence-electron chi connectivity index (χ1n) is 7.62. The van der Waals surface area contributed by atoms with Crippen molar-refractivity contribution in [2.75, 3.05) is 19.6 Å². The van der Waals surface area contributed by atoms with Crippen LogP contribution in [-0.4, -0.2) is 35.6 Å². The third kappa shape index (κ3) is 3.01. The maximum Gasteiger partial charge on any atom is 0.226 e. The van der Waals surface area contributed by atoms with Crippen LogP contribution in [0.3, 0.4) is 0 Å². The quantitative estimate of drug-likeness (QED) is 0.941. The molecule has 1 aromatic carbocycles. The van der Waals surface area contributed by atoms with Gasteiger partial charge < -0.3 is 9.73 Å². The first kappa shape index (κ1) is 14.3. The Morgan fingerprint density at radius 2 is 2.14 bits per heavy atom. The summed E-state index contributed by atoms with van der Waals surface area (Å²) in [7, 11) is 0. The van der Waals surface area contributed by atoms with E-state index >= 15 is 0 Å². The smallest absolute Gasteiger partial charge is 0.226 e. The Kier molecular flexibility index (Phi) is 4.08. The Bertz CT molecular complexity index is 620. The minimum Gasteiger partial charge on any atom is -0.441 e. The molecule has 1 aliphatic heterocycles. The summed E-state index contributed by atoms with van der Waals surface area (Å²) in [5.41, 5.74) is 3.34. The van der Waals surface area contributed by atoms with Crippen molar-refractivity contribution in [3.63, 3.8) is 0 Å². The van der Waals surface area contributed by atoms with Gasteiger partial charge in [-0.15, -0.1) is 0 Å². The molecule has 0 spiro atoms. The number of nitrogens with zero attached hydrogens (tertiary/aromatic N) is 2. The standard InChI is InChI=1S/C17H23N3O/c1-12-6-4-5-7-15(12)17-19-16(14(3)21-17)11-20-9-8-18-10-13(20)2/h4-7,13,18H,8-11H2,1-3H3. The number of rotatable bonds is 3. The molecule has 1 saturated heterocycles. The van der Waals surface area contributed by atoms with Crippen molar-refractivity contribution in [1.82, 2.24) is 15.2 Å². The van der Waals surface area contributed by atoms with E-state index in [2.05, 4.69) is 36.2 Å². The third-order valence-electron chi connectivity index (χ3n) is 4.26. The van der Waals surface area contributed by atoms with Crippen LogP contribution in [0, 0.1) is 13.8 Å². The number of aromatic nitrogens is 1. The zero-order chi connectivity index (χ0) is 14.8. The fourth-order valence-corrected chi connectivity index (χ4v) is 2.81. The van der Waals surface area contributed by atoms with Gasteiger partial charge in [0.25, 0.3) is 0 Å². The first-order chi connectivity index (χ1) is 10.1. The molecule has 0 saturated carbocycles. The largest absolute Gasteiger partial charge is 0.441 e. The van der Waals surface area contributed by atoms with E-state index < -0.39 is 0 Å². The molecule has 0 amide bonds. The summed E-state index contributed by atoms with van der Waals surface area (Å²) in [4.78, 5) is 7.20. The molecule has 0 aliphatic carbocycles. The zero-order valence-electron chi connectivity index (χ0n) is 13.0. The van der Waals surface area contributed by atoms with Gasteiger partial charge in [0, 0.05) is 37.8 Å². The summed E-state index contributed by atoms with van der Waals surface area (Å²) >= 11 is 0. The number of nitrogens with one attached hydrogen (secondary N) is 1. The van der Waals surface area contributed by atoms with E-state index in [9.17, 15) is 0 Å². The topological polar surface area (TPSA) is 41.3 Å². The molecule has 0 radical (unpaired) electrons. The van der Waals surface area contributed by atoms with Crippen molar-refractivity contribution in [3.05, 3.63) is 41.3 Å². The summed E-state index contributed by atoms with van der Waals surface area (Å²) in [6.45, 7) is 10.4. The number of oxazole rings is 1. The normalized spacial score (nSPS) is 19.9. The first-order valence-corrected chi connectivity index (χ1v) is 7.62. The molecular weight excluding hydrogens is 262 g/mol. The molecular formula is C17H23N3O. The summed E-state index contributed by atoms with van der Waals surface area (Å²) in [5.74, 6) is 1.67. The molecule has 1 N–H and O–H groups in total. The highest BCUT2D eigenvalue weighted by Crippen LogP contribution is 2.25. The van der Waals surface area contributed by atoms with Crippen molar-refractivity contribution in [3.8, 4) is 11.5 Å². The van der Waals surface area contributed by atoms with Crippen molar-refractivity contribution >= 4 is 0 Å². The van der Waals surface area contributed by atoms with Crippen LogP contribution in [0.15, 0.2) is 28.7 Å². The van der Waals surface area contributed by atoms with Gasteiger partial charge in [-0.05, 0) is 32.4 Å². The van der Waals surface area contributed by atoms with Gasteiger partial charge in [0.05, 0.1) is 5.69 Å². The second-order valence-corrected chi connectivity index (χ2v) is 5.86. The molecule has 4 heteroatoms. The van der Waals surface area contributed by atoms with Crippen LogP contribution in [0.5, 0.6) is 0 Å². The lowest BCUT2D eigenvalue weighted by Gasteiger charge is -2.33. The monoisotopic (exact) mass is 285 g/mol. The molecule has 0 bridgehead atoms. The molecule has 2 heterocycles. The molecule has 21 heavy (non-hydrogen) atoms. The van der Waals surface area contributed by atoms with Gasteiger partial charge in [0.2, 0.25) is 5.89 Å². The minimum absolute atomic E-state index is 0.539. The van der Waals surface area contributed by atoms with Gasteiger partial charge in [-0.1, -0.05) is 18.2 Å². The second kappa shape index (κ2) is 6.00. The Hall–Kier alpha value is -1.65. The summed E-state index contributed by atoms with van der Waals surface area (Å²) in [5, 5.41) is 3.42. The maximum atomic E-state index is 5.90. The van der Waals surface area contributed by atoms with E-state index in [1.54, 1.807) is 0 Å². The molecule has 1 aromatic heterocycles. The fraction of sp³-hybridized carbons (Fsp3) is 0.471. The van der Waals surface area contributed by atoms with Crippen molar-refractivity contribution in [2.24, 2.45) is 0 Å². The van der Waals surface area contributed by atoms with Crippen LogP contribution in [0.2, 0.25) is 0 Å². The van der Waals surface area contributed by atoms with Gasteiger partial charge in [0.1, 0.15) is 5.76 Å². The van der Waals surface area contributed by atoms with Crippen LogP contribution in [-0.2, 0) is 6.54 Å². The average Bonchev–Trinajstić information content (AvgIpc) is 2.83. The summed E-state index contributed by atoms with van der Waals surface area (Å²) < 4.78 is 5.90. The number of hydrogen-bond acceptors (Lipinski definition) is 4. The Morgan fingerprint density at radius 3 is 2.90 bits per heavy atom. The van der Waals surface area contributed by atoms with E-state index in [1.807, 2.05) is 19.1 Å². The van der Waals surface area contributed by atoms with Gasteiger partial charge in [-0.2, -0.15) is 0 Å². The highest BCUT2D eigenvalue weighted by atomic mass is 16.4. The number of piperazine rings is 1. The van der Waals surface area contributed by atoms with Crippen LogP contribution < -0.4 is 5.32 Å². The van der Waals surface area contributed by atoms with Crippen molar-refractivity contribution < 1.29 is 4.42 Å². The Balaban J connectivity index is 1.83. The molecule has 112 valence electrons. The van der Waals surface area contributed by atoms with Gasteiger partial charge in [-0.25, -0.2) is 4.98 Å². The molecule has 1 atom stereocenters. The van der Waals surface area contributed by atoms with Gasteiger partial charge in [0.15, 0.2) is 0 Å². The lowest BCUT2D eigenvalue weighted by Crippen LogP contribution is -2.49. The Labute approximate surface area is 126 Å². The number of benzene rings is 1. The molecule has 1 fully saturated rings. The predicted molar refractivity (Wildman–Crippen MR) is 84.2 cm³/mol. The van der Waals surface area contributed by atoms with E-state index in [4.69, 9.17) is 9.40 Å². The zero-order valence-corrected chi connectivity index (χ0v) is 13.0. The average molecular weight is 285 g/mol. The predicted octanol–water partition coefficient (Wildman–Crippen LogP) is 2.75. The molecule has 3 rings (SSSR count). The summed E-state index contributed by atoms with van der Waals surface area (Å²) in [6.07, 6.45) is 0. The van der Waals surface area contributed by atoms with Crippen LogP contribution >= 0.6 is 0 Å². The highest BCUT2D eigenvalue weighted by molar-refractivity contribution is 5.58. The fourth-order valence-electron chi connectivity index (χ4n) is 2.81. The van der Waals surface area contributed by atoms with Gasteiger partial charge in [-0.3, -0.25) is 4.90 Å². The number of aryl methyl sites for hydroxylation is 2. The summed E-state index contributed by atoms with van der Waals surface area (Å²) in [6, 6.07) is 8.76. The number of hydrogen-bond donors (Lipinski definition) is 1. The van der Waals surface area contributed by atoms with Crippen LogP contribution in [0.4, 0.5) is 0 Å². The lowest BCUT2D eigenvalue weighted by molar-refractivity contribution is 0.163. The van der Waals surface area contributed by atoms with Crippen LogP contribution in [0.25, 0.3) is 11.5 Å². The maximum absolute atomic E-state index is 5.90. The molecule has 1 unspecified atom stereocenters. The molecule has 1 aliphatic rings. The second-order valence-electron chi connectivity index (χ2n) is 5.86. The van der Waals surface area contributed by atoms with Gasteiger partial charge >= 0.3 is 0 Å². The SMILES string of the molecule is Cc1ccccc1-c1nc(CN2CCNCC2C)c(C)o1. The van der Waals surface area contributed by atoms with Crippen molar-refractivity contribution in [1.29, 1.82) is 0 Å². The van der Waals surface area contributed by atoms with E-state index in [0.717, 1.165) is 49.1 Å². The van der Waals surface area contributed by atoms with E-state index in [0.29, 0.717) is 6.04 Å². The third-order valence-corrected chi connectivity index (χ3v) is 4.26. The van der Waals surface area contributed by atoms with Crippen molar-refractivity contribution in [2.45, 2.75) is 33.4 Å².